The Morgan fingerprint density at radius 3 is 2.14 bits per heavy atom. The second kappa shape index (κ2) is 8.92. The molecule has 1 amide bonds. The lowest BCUT2D eigenvalue weighted by atomic mass is 10.1. The Morgan fingerprint density at radius 2 is 1.61 bits per heavy atom. The molecule has 0 N–H and O–H groups in total. The molecule has 28 heavy (non-hydrogen) atoms. The molecule has 0 unspecified atom stereocenters. The van der Waals surface area contributed by atoms with Crippen molar-refractivity contribution < 1.29 is 31.5 Å². The van der Waals surface area contributed by atoms with Gasteiger partial charge >= 0.3 is 11.7 Å². The minimum absolute atomic E-state index is 0.0535. The first-order valence-corrected chi connectivity index (χ1v) is 9.74. The molecule has 2 aromatic carbocycles. The average molecular weight is 411 g/mol. The van der Waals surface area contributed by atoms with E-state index in [1.165, 1.54) is 4.90 Å². The molecule has 0 fully saturated rings. The number of carbonyl (C=O) groups excluding carboxylic acids is 2. The van der Waals surface area contributed by atoms with Crippen LogP contribution in [0.25, 0.3) is 0 Å². The summed E-state index contributed by atoms with van der Waals surface area (Å²) < 4.78 is 52.6. The predicted molar refractivity (Wildman–Crippen MR) is 97.6 cm³/mol. The van der Waals surface area contributed by atoms with Crippen molar-refractivity contribution in [1.29, 1.82) is 0 Å². The predicted octanol–water partition coefficient (Wildman–Crippen LogP) is 2.81. The van der Waals surface area contributed by atoms with E-state index in [-0.39, 0.29) is 5.56 Å². The Morgan fingerprint density at radius 1 is 1.04 bits per heavy atom. The van der Waals surface area contributed by atoms with Gasteiger partial charge in [0.15, 0.2) is 6.61 Å². The number of aryl methyl sites for hydroxylation is 1. The van der Waals surface area contributed by atoms with Crippen LogP contribution in [-0.2, 0) is 25.9 Å². The third-order valence-electron chi connectivity index (χ3n) is 3.95. The van der Waals surface area contributed by atoms with E-state index in [4.69, 9.17) is 4.74 Å². The Bertz CT molecular complexity index is 941. The van der Waals surface area contributed by atoms with E-state index in [1.807, 2.05) is 31.2 Å². The molecule has 9 heteroatoms. The number of sulfone groups is 1. The topological polar surface area (TPSA) is 80.8 Å². The van der Waals surface area contributed by atoms with Crippen molar-refractivity contribution >= 4 is 21.7 Å². The van der Waals surface area contributed by atoms with Crippen LogP contribution in [-0.4, -0.2) is 44.6 Å². The van der Waals surface area contributed by atoms with Crippen LogP contribution in [0.2, 0.25) is 0 Å². The molecule has 0 aromatic heterocycles. The SMILES string of the molecule is Cc1ccc(CN(C)C(=O)COC(=O)c2ccc(S(=O)(=O)C(F)F)cc2)cc1. The summed E-state index contributed by atoms with van der Waals surface area (Å²) in [5, 5.41) is 0. The summed E-state index contributed by atoms with van der Waals surface area (Å²) in [6.45, 7) is 1.79. The molecule has 0 heterocycles. The van der Waals surface area contributed by atoms with Crippen LogP contribution in [0.3, 0.4) is 0 Å². The molecule has 2 rings (SSSR count). The summed E-state index contributed by atoms with van der Waals surface area (Å²) in [4.78, 5) is 24.9. The van der Waals surface area contributed by atoms with Crippen molar-refractivity contribution in [3.63, 3.8) is 0 Å². The lowest BCUT2D eigenvalue weighted by Gasteiger charge is -2.17. The molecule has 2 aromatic rings. The largest absolute Gasteiger partial charge is 0.452 e. The molecular weight excluding hydrogens is 392 g/mol. The van der Waals surface area contributed by atoms with Gasteiger partial charge in [0.2, 0.25) is 9.84 Å². The van der Waals surface area contributed by atoms with Crippen molar-refractivity contribution in [2.24, 2.45) is 0 Å². The van der Waals surface area contributed by atoms with Crippen LogP contribution in [0.1, 0.15) is 21.5 Å². The van der Waals surface area contributed by atoms with E-state index in [0.29, 0.717) is 6.54 Å². The zero-order valence-corrected chi connectivity index (χ0v) is 16.1. The fourth-order valence-corrected chi connectivity index (χ4v) is 2.98. The van der Waals surface area contributed by atoms with E-state index in [0.717, 1.165) is 35.4 Å². The van der Waals surface area contributed by atoms with Gasteiger partial charge in [-0.15, -0.1) is 0 Å². The number of hydrogen-bond acceptors (Lipinski definition) is 5. The molecule has 0 aliphatic carbocycles. The summed E-state index contributed by atoms with van der Waals surface area (Å²) in [5.41, 5.74) is 1.96. The van der Waals surface area contributed by atoms with Crippen molar-refractivity contribution in [3.05, 3.63) is 65.2 Å². The zero-order valence-electron chi connectivity index (χ0n) is 15.3. The van der Waals surface area contributed by atoms with E-state index in [9.17, 15) is 26.8 Å². The number of carbonyl (C=O) groups is 2. The maximum Gasteiger partial charge on any atom is 0.341 e. The Hall–Kier alpha value is -2.81. The highest BCUT2D eigenvalue weighted by atomic mass is 32.2. The molecule has 0 bridgehead atoms. The Balaban J connectivity index is 1.92. The van der Waals surface area contributed by atoms with E-state index in [2.05, 4.69) is 0 Å². The summed E-state index contributed by atoms with van der Waals surface area (Å²) in [7, 11) is -3.17. The van der Waals surface area contributed by atoms with Gasteiger partial charge in [0.25, 0.3) is 5.91 Å². The number of nitrogens with zero attached hydrogens (tertiary/aromatic N) is 1. The quantitative estimate of drug-likeness (QED) is 0.655. The average Bonchev–Trinajstić information content (AvgIpc) is 2.67. The fraction of sp³-hybridized carbons (Fsp3) is 0.263. The molecular formula is C19H19F2NO5S. The minimum atomic E-state index is -4.74. The smallest absolute Gasteiger partial charge is 0.341 e. The van der Waals surface area contributed by atoms with Crippen LogP contribution < -0.4 is 0 Å². The monoisotopic (exact) mass is 411 g/mol. The van der Waals surface area contributed by atoms with Crippen molar-refractivity contribution in [2.45, 2.75) is 24.1 Å². The van der Waals surface area contributed by atoms with Crippen molar-refractivity contribution in [3.8, 4) is 0 Å². The molecule has 150 valence electrons. The molecule has 0 aliphatic heterocycles. The van der Waals surface area contributed by atoms with E-state index >= 15 is 0 Å². The molecule has 0 atom stereocenters. The lowest BCUT2D eigenvalue weighted by molar-refractivity contribution is -0.133. The number of ether oxygens (including phenoxy) is 1. The summed E-state index contributed by atoms with van der Waals surface area (Å²) >= 11 is 0. The molecule has 0 aliphatic rings. The van der Waals surface area contributed by atoms with Crippen molar-refractivity contribution in [2.75, 3.05) is 13.7 Å². The maximum absolute atomic E-state index is 12.5. The number of esters is 1. The maximum atomic E-state index is 12.5. The summed E-state index contributed by atoms with van der Waals surface area (Å²) in [5.74, 6) is -4.84. The fourth-order valence-electron chi connectivity index (χ4n) is 2.26. The highest BCUT2D eigenvalue weighted by Crippen LogP contribution is 2.19. The van der Waals surface area contributed by atoms with Crippen LogP contribution in [0.5, 0.6) is 0 Å². The number of likely N-dealkylation sites (N-methyl/N-ethyl adjacent to an activating group) is 1. The molecule has 6 nitrogen and oxygen atoms in total. The lowest BCUT2D eigenvalue weighted by Crippen LogP contribution is -2.30. The number of amides is 1. The van der Waals surface area contributed by atoms with Gasteiger partial charge < -0.3 is 9.64 Å². The molecule has 0 saturated heterocycles. The number of benzene rings is 2. The zero-order chi connectivity index (χ0) is 20.9. The van der Waals surface area contributed by atoms with Gasteiger partial charge in [-0.2, -0.15) is 8.78 Å². The first-order valence-electron chi connectivity index (χ1n) is 8.20. The summed E-state index contributed by atoms with van der Waals surface area (Å²) in [6, 6.07) is 11.5. The number of halogens is 2. The van der Waals surface area contributed by atoms with Gasteiger partial charge in [0.05, 0.1) is 10.5 Å². The highest BCUT2D eigenvalue weighted by Gasteiger charge is 2.26. The van der Waals surface area contributed by atoms with Crippen LogP contribution >= 0.6 is 0 Å². The standard InChI is InChI=1S/C19H19F2NO5S/c1-13-3-5-14(6-4-13)11-22(2)17(23)12-27-18(24)15-7-9-16(10-8-15)28(25,26)19(20)21/h3-10,19H,11-12H2,1-2H3. The Kier molecular flexibility index (Phi) is 6.85. The minimum Gasteiger partial charge on any atom is -0.452 e. The van der Waals surface area contributed by atoms with Crippen LogP contribution in [0.4, 0.5) is 8.78 Å². The van der Waals surface area contributed by atoms with Crippen LogP contribution in [0.15, 0.2) is 53.4 Å². The second-order valence-electron chi connectivity index (χ2n) is 6.14. The first kappa shape index (κ1) is 21.5. The first-order chi connectivity index (χ1) is 13.1. The van der Waals surface area contributed by atoms with Gasteiger partial charge in [0, 0.05) is 13.6 Å². The van der Waals surface area contributed by atoms with E-state index < -0.39 is 39.0 Å². The molecule has 0 spiro atoms. The summed E-state index contributed by atoms with van der Waals surface area (Å²) in [6.07, 6.45) is 0. The van der Waals surface area contributed by atoms with Crippen LogP contribution in [0, 0.1) is 6.92 Å². The third-order valence-corrected chi connectivity index (χ3v) is 5.34. The number of alkyl halides is 2. The molecule has 0 radical (unpaired) electrons. The van der Waals surface area contributed by atoms with Gasteiger partial charge in [-0.25, -0.2) is 13.2 Å². The van der Waals surface area contributed by atoms with Gasteiger partial charge in [-0.05, 0) is 36.8 Å². The van der Waals surface area contributed by atoms with Gasteiger partial charge in [-0.1, -0.05) is 29.8 Å². The number of hydrogen-bond donors (Lipinski definition) is 0. The van der Waals surface area contributed by atoms with Crippen molar-refractivity contribution in [1.82, 2.24) is 4.90 Å². The normalized spacial score (nSPS) is 11.3. The highest BCUT2D eigenvalue weighted by molar-refractivity contribution is 7.91. The number of rotatable bonds is 7. The third kappa shape index (κ3) is 5.35. The molecule has 0 saturated carbocycles. The second-order valence-corrected chi connectivity index (χ2v) is 8.06. The van der Waals surface area contributed by atoms with E-state index in [1.54, 1.807) is 7.05 Å². The Labute approximate surface area is 161 Å². The van der Waals surface area contributed by atoms with Gasteiger partial charge in [-0.3, -0.25) is 4.79 Å². The van der Waals surface area contributed by atoms with Gasteiger partial charge in [0.1, 0.15) is 0 Å².